The van der Waals surface area contributed by atoms with Crippen molar-refractivity contribution in [2.24, 2.45) is 5.73 Å². The molecule has 0 atom stereocenters. The third kappa shape index (κ3) is 1.89. The van der Waals surface area contributed by atoms with Crippen molar-refractivity contribution < 1.29 is 4.79 Å². The zero-order valence-corrected chi connectivity index (χ0v) is 9.15. The average Bonchev–Trinajstić information content (AvgIpc) is 2.67. The lowest BCUT2D eigenvalue weighted by molar-refractivity contribution is 0.0995. The Bertz CT molecular complexity index is 508. The molecule has 0 saturated heterocycles. The molecule has 0 spiro atoms. The van der Waals surface area contributed by atoms with Gasteiger partial charge in [-0.3, -0.25) is 14.9 Å². The first-order chi connectivity index (χ1) is 7.18. The first-order valence-electron chi connectivity index (χ1n) is 4.13. The van der Waals surface area contributed by atoms with E-state index in [1.165, 1.54) is 0 Å². The van der Waals surface area contributed by atoms with Gasteiger partial charge in [-0.05, 0) is 28.1 Å². The fourth-order valence-electron chi connectivity index (χ4n) is 1.17. The molecule has 3 N–H and O–H groups in total. The molecule has 1 amide bonds. The van der Waals surface area contributed by atoms with Crippen LogP contribution in [0.1, 0.15) is 10.5 Å². The van der Waals surface area contributed by atoms with E-state index in [-0.39, 0.29) is 5.69 Å². The van der Waals surface area contributed by atoms with E-state index in [2.05, 4.69) is 31.1 Å². The first kappa shape index (κ1) is 9.85. The second-order valence-electron chi connectivity index (χ2n) is 2.89. The van der Waals surface area contributed by atoms with Gasteiger partial charge in [0.25, 0.3) is 5.91 Å². The summed E-state index contributed by atoms with van der Waals surface area (Å²) in [6.07, 6.45) is 3.31. The number of nitrogens with zero attached hydrogens (tertiary/aromatic N) is 2. The molecule has 0 fully saturated rings. The van der Waals surface area contributed by atoms with E-state index in [0.29, 0.717) is 5.69 Å². The molecule has 0 aromatic carbocycles. The van der Waals surface area contributed by atoms with Gasteiger partial charge in [0, 0.05) is 22.4 Å². The second-order valence-corrected chi connectivity index (χ2v) is 3.74. The number of rotatable bonds is 2. The topological polar surface area (TPSA) is 84.7 Å². The highest BCUT2D eigenvalue weighted by molar-refractivity contribution is 9.10. The summed E-state index contributed by atoms with van der Waals surface area (Å²) in [4.78, 5) is 14.8. The molecule has 5 nitrogen and oxygen atoms in total. The predicted molar refractivity (Wildman–Crippen MR) is 58.0 cm³/mol. The van der Waals surface area contributed by atoms with Crippen LogP contribution in [0.3, 0.4) is 0 Å². The minimum absolute atomic E-state index is 0.286. The van der Waals surface area contributed by atoms with Gasteiger partial charge in [-0.1, -0.05) is 0 Å². The van der Waals surface area contributed by atoms with E-state index >= 15 is 0 Å². The number of pyridine rings is 1. The van der Waals surface area contributed by atoms with Gasteiger partial charge in [0.05, 0.1) is 5.69 Å². The minimum Gasteiger partial charge on any atom is -0.364 e. The Kier molecular flexibility index (Phi) is 2.51. The number of carbonyl (C=O) groups excluding carboxylic acids is 1. The summed E-state index contributed by atoms with van der Waals surface area (Å²) in [6, 6.07) is 3.40. The Morgan fingerprint density at radius 1 is 1.53 bits per heavy atom. The zero-order chi connectivity index (χ0) is 10.8. The molecule has 76 valence electrons. The van der Waals surface area contributed by atoms with Crippen LogP contribution in [0.2, 0.25) is 0 Å². The van der Waals surface area contributed by atoms with Crippen molar-refractivity contribution in [3.8, 4) is 11.3 Å². The molecule has 0 aliphatic carbocycles. The number of nitrogens with two attached hydrogens (primary N) is 1. The molecule has 6 heteroatoms. The number of nitrogens with one attached hydrogen (secondary N) is 1. The quantitative estimate of drug-likeness (QED) is 0.860. The normalized spacial score (nSPS) is 10.2. The van der Waals surface area contributed by atoms with Crippen molar-refractivity contribution >= 4 is 21.8 Å². The maximum absolute atomic E-state index is 10.9. The van der Waals surface area contributed by atoms with Crippen LogP contribution in [0.15, 0.2) is 29.0 Å². The van der Waals surface area contributed by atoms with Gasteiger partial charge in [-0.15, -0.1) is 0 Å². The molecule has 0 aliphatic heterocycles. The Morgan fingerprint density at radius 2 is 2.33 bits per heavy atom. The lowest BCUT2D eigenvalue weighted by Gasteiger charge is -1.97. The Hall–Kier alpha value is -1.69. The van der Waals surface area contributed by atoms with Crippen LogP contribution in [0.25, 0.3) is 11.3 Å². The summed E-state index contributed by atoms with van der Waals surface area (Å²) in [7, 11) is 0. The van der Waals surface area contributed by atoms with E-state index in [4.69, 9.17) is 5.73 Å². The SMILES string of the molecule is NC(=O)c1cc(-c2ccncc2Br)n[nH]1. The highest BCUT2D eigenvalue weighted by Crippen LogP contribution is 2.25. The van der Waals surface area contributed by atoms with Crippen LogP contribution in [-0.2, 0) is 0 Å². The lowest BCUT2D eigenvalue weighted by Crippen LogP contribution is -2.10. The second kappa shape index (κ2) is 3.82. The molecule has 0 radical (unpaired) electrons. The minimum atomic E-state index is -0.529. The Morgan fingerprint density at radius 3 is 2.93 bits per heavy atom. The first-order valence-corrected chi connectivity index (χ1v) is 4.93. The van der Waals surface area contributed by atoms with Crippen LogP contribution in [0.5, 0.6) is 0 Å². The van der Waals surface area contributed by atoms with Crippen molar-refractivity contribution in [1.82, 2.24) is 15.2 Å². The van der Waals surface area contributed by atoms with E-state index in [1.807, 2.05) is 0 Å². The van der Waals surface area contributed by atoms with Gasteiger partial charge in [-0.25, -0.2) is 0 Å². The highest BCUT2D eigenvalue weighted by atomic mass is 79.9. The summed E-state index contributed by atoms with van der Waals surface area (Å²) >= 11 is 3.35. The number of aromatic nitrogens is 3. The summed E-state index contributed by atoms with van der Waals surface area (Å²) in [5.74, 6) is -0.529. The van der Waals surface area contributed by atoms with E-state index in [0.717, 1.165) is 10.0 Å². The van der Waals surface area contributed by atoms with Crippen molar-refractivity contribution in [3.63, 3.8) is 0 Å². The van der Waals surface area contributed by atoms with Crippen molar-refractivity contribution in [2.75, 3.05) is 0 Å². The number of carbonyl (C=O) groups is 1. The molecule has 2 aromatic rings. The van der Waals surface area contributed by atoms with Crippen LogP contribution >= 0.6 is 15.9 Å². The fraction of sp³-hybridized carbons (Fsp3) is 0. The standard InChI is InChI=1S/C9H7BrN4O/c10-6-4-12-2-1-5(6)7-3-8(9(11)15)14-13-7/h1-4H,(H2,11,15)(H,13,14). The van der Waals surface area contributed by atoms with Gasteiger partial charge in [0.2, 0.25) is 0 Å². The van der Waals surface area contributed by atoms with Crippen molar-refractivity contribution in [2.45, 2.75) is 0 Å². The number of H-pyrrole nitrogens is 1. The summed E-state index contributed by atoms with van der Waals surface area (Å²) in [5, 5.41) is 6.55. The van der Waals surface area contributed by atoms with E-state index in [9.17, 15) is 4.79 Å². The van der Waals surface area contributed by atoms with Crippen LogP contribution in [0.4, 0.5) is 0 Å². The van der Waals surface area contributed by atoms with Crippen LogP contribution in [-0.4, -0.2) is 21.1 Å². The number of hydrogen-bond donors (Lipinski definition) is 2. The lowest BCUT2D eigenvalue weighted by atomic mass is 10.2. The van der Waals surface area contributed by atoms with Gasteiger partial charge in [0.15, 0.2) is 0 Å². The molecule has 0 aliphatic rings. The maximum atomic E-state index is 10.9. The number of hydrogen-bond acceptors (Lipinski definition) is 3. The summed E-state index contributed by atoms with van der Waals surface area (Å²) in [6.45, 7) is 0. The zero-order valence-electron chi connectivity index (χ0n) is 7.57. The van der Waals surface area contributed by atoms with Crippen molar-refractivity contribution in [3.05, 3.63) is 34.7 Å². The molecule has 0 saturated carbocycles. The molecule has 15 heavy (non-hydrogen) atoms. The summed E-state index contributed by atoms with van der Waals surface area (Å²) < 4.78 is 0.813. The Balaban J connectivity index is 2.46. The molecular formula is C9H7BrN4O. The van der Waals surface area contributed by atoms with E-state index < -0.39 is 5.91 Å². The van der Waals surface area contributed by atoms with E-state index in [1.54, 1.807) is 24.5 Å². The molecule has 0 unspecified atom stereocenters. The molecule has 2 rings (SSSR count). The van der Waals surface area contributed by atoms with Crippen LogP contribution in [0, 0.1) is 0 Å². The molecule has 0 bridgehead atoms. The summed E-state index contributed by atoms with van der Waals surface area (Å²) in [5.41, 5.74) is 6.90. The van der Waals surface area contributed by atoms with Gasteiger partial charge in [-0.2, -0.15) is 5.10 Å². The molecular weight excluding hydrogens is 260 g/mol. The molecule has 2 aromatic heterocycles. The maximum Gasteiger partial charge on any atom is 0.266 e. The number of halogens is 1. The fourth-order valence-corrected chi connectivity index (χ4v) is 1.62. The predicted octanol–water partition coefficient (Wildman–Crippen LogP) is 1.33. The van der Waals surface area contributed by atoms with Crippen molar-refractivity contribution in [1.29, 1.82) is 0 Å². The van der Waals surface area contributed by atoms with Gasteiger partial charge in [0.1, 0.15) is 5.69 Å². The average molecular weight is 267 g/mol. The number of aromatic amines is 1. The monoisotopic (exact) mass is 266 g/mol. The van der Waals surface area contributed by atoms with Gasteiger partial charge >= 0.3 is 0 Å². The third-order valence-corrected chi connectivity index (χ3v) is 2.52. The Labute approximate surface area is 93.8 Å². The highest BCUT2D eigenvalue weighted by Gasteiger charge is 2.09. The largest absolute Gasteiger partial charge is 0.364 e. The third-order valence-electron chi connectivity index (χ3n) is 1.89. The number of amides is 1. The smallest absolute Gasteiger partial charge is 0.266 e. The molecule has 2 heterocycles. The number of primary amides is 1. The van der Waals surface area contributed by atoms with Gasteiger partial charge < -0.3 is 5.73 Å². The van der Waals surface area contributed by atoms with Crippen LogP contribution < -0.4 is 5.73 Å².